The van der Waals surface area contributed by atoms with Crippen LogP contribution >= 0.6 is 0 Å². The quantitative estimate of drug-likeness (QED) is 0.659. The number of carbonyl (C=O) groups excluding carboxylic acids is 2. The maximum absolute atomic E-state index is 11.5. The third-order valence-corrected chi connectivity index (χ3v) is 3.00. The summed E-state index contributed by atoms with van der Waals surface area (Å²) in [6, 6.07) is 7.21. The number of carbonyl (C=O) groups is 2. The first-order chi connectivity index (χ1) is 8.69. The van der Waals surface area contributed by atoms with Crippen LogP contribution < -0.4 is 10.6 Å². The zero-order valence-corrected chi connectivity index (χ0v) is 9.98. The van der Waals surface area contributed by atoms with E-state index in [-0.39, 0.29) is 24.5 Å². The Balaban J connectivity index is 1.87. The fraction of sp³-hybridized carbons (Fsp3) is 0.385. The molecular formula is C13H16N2O3. The molecule has 0 saturated carbocycles. The van der Waals surface area contributed by atoms with Gasteiger partial charge in [0.05, 0.1) is 12.6 Å². The molecule has 0 aromatic heterocycles. The molecule has 1 aliphatic heterocycles. The lowest BCUT2D eigenvalue weighted by Crippen LogP contribution is -2.50. The van der Waals surface area contributed by atoms with E-state index in [0.29, 0.717) is 19.4 Å². The van der Waals surface area contributed by atoms with Gasteiger partial charge in [0.25, 0.3) is 0 Å². The Hall–Kier alpha value is -1.72. The first kappa shape index (κ1) is 12.7. The van der Waals surface area contributed by atoms with Crippen molar-refractivity contribution in [2.24, 2.45) is 0 Å². The Morgan fingerprint density at radius 2 is 1.89 bits per heavy atom. The van der Waals surface area contributed by atoms with Crippen LogP contribution in [0.3, 0.4) is 0 Å². The summed E-state index contributed by atoms with van der Waals surface area (Å²) in [4.78, 5) is 22.5. The van der Waals surface area contributed by atoms with Gasteiger partial charge < -0.3 is 10.4 Å². The second-order valence-corrected chi connectivity index (χ2v) is 4.36. The maximum atomic E-state index is 11.5. The molecule has 3 N–H and O–H groups in total. The summed E-state index contributed by atoms with van der Waals surface area (Å²) in [6.07, 6.45) is 0.923. The lowest BCUT2D eigenvalue weighted by atomic mass is 10.1. The van der Waals surface area contributed by atoms with Gasteiger partial charge in [0.1, 0.15) is 0 Å². The van der Waals surface area contributed by atoms with E-state index in [1.54, 1.807) is 0 Å². The van der Waals surface area contributed by atoms with Gasteiger partial charge in [0.2, 0.25) is 11.8 Å². The normalized spacial score (nSPS) is 19.7. The summed E-state index contributed by atoms with van der Waals surface area (Å²) in [5, 5.41) is 14.4. The van der Waals surface area contributed by atoms with Crippen molar-refractivity contribution in [3.8, 4) is 0 Å². The topological polar surface area (TPSA) is 78.4 Å². The Morgan fingerprint density at radius 3 is 2.50 bits per heavy atom. The largest absolute Gasteiger partial charge is 0.392 e. The molecule has 1 atom stereocenters. The average Bonchev–Trinajstić information content (AvgIpc) is 2.38. The lowest BCUT2D eigenvalue weighted by Gasteiger charge is -2.21. The first-order valence-electron chi connectivity index (χ1n) is 5.95. The molecule has 1 heterocycles. The molecule has 1 aliphatic rings. The molecule has 0 bridgehead atoms. The monoisotopic (exact) mass is 248 g/mol. The summed E-state index contributed by atoms with van der Waals surface area (Å²) in [6.45, 7) is 0.596. The van der Waals surface area contributed by atoms with Gasteiger partial charge in [-0.3, -0.25) is 14.9 Å². The molecule has 1 aromatic rings. The minimum atomic E-state index is -0.305. The van der Waals surface area contributed by atoms with E-state index in [1.165, 1.54) is 0 Å². The Kier molecular flexibility index (Phi) is 4.07. The smallest absolute Gasteiger partial charge is 0.243 e. The summed E-state index contributed by atoms with van der Waals surface area (Å²) in [5.74, 6) is -0.455. The summed E-state index contributed by atoms with van der Waals surface area (Å²) in [5.41, 5.74) is 1.90. The molecule has 5 heteroatoms. The minimum Gasteiger partial charge on any atom is -0.392 e. The molecule has 1 unspecified atom stereocenters. The van der Waals surface area contributed by atoms with Gasteiger partial charge >= 0.3 is 0 Å². The Bertz CT molecular complexity index is 442. The molecule has 1 aromatic carbocycles. The highest BCUT2D eigenvalue weighted by Gasteiger charge is 2.25. The van der Waals surface area contributed by atoms with Gasteiger partial charge in [0, 0.05) is 13.0 Å². The molecule has 5 nitrogen and oxygen atoms in total. The Morgan fingerprint density at radius 1 is 1.22 bits per heavy atom. The van der Waals surface area contributed by atoms with Crippen LogP contribution in [0.25, 0.3) is 0 Å². The number of hydrogen-bond acceptors (Lipinski definition) is 4. The van der Waals surface area contributed by atoms with Gasteiger partial charge in [-0.2, -0.15) is 0 Å². The number of hydrogen-bond donors (Lipinski definition) is 3. The number of aliphatic hydroxyl groups is 1. The molecule has 96 valence electrons. The van der Waals surface area contributed by atoms with Crippen LogP contribution in [0.15, 0.2) is 24.3 Å². The van der Waals surface area contributed by atoms with Crippen molar-refractivity contribution >= 4 is 11.8 Å². The molecule has 2 amide bonds. The molecule has 1 saturated heterocycles. The van der Waals surface area contributed by atoms with E-state index in [4.69, 9.17) is 5.11 Å². The van der Waals surface area contributed by atoms with E-state index in [0.717, 1.165) is 11.1 Å². The van der Waals surface area contributed by atoms with Crippen LogP contribution in [0.5, 0.6) is 0 Å². The number of aliphatic hydroxyl groups excluding tert-OH is 1. The number of rotatable bonds is 4. The number of piperidine rings is 1. The highest BCUT2D eigenvalue weighted by atomic mass is 16.3. The van der Waals surface area contributed by atoms with Crippen molar-refractivity contribution in [3.63, 3.8) is 0 Å². The van der Waals surface area contributed by atoms with Crippen molar-refractivity contribution in [2.75, 3.05) is 0 Å². The fourth-order valence-electron chi connectivity index (χ4n) is 1.89. The van der Waals surface area contributed by atoms with E-state index in [1.807, 2.05) is 24.3 Å². The van der Waals surface area contributed by atoms with Crippen LogP contribution in [0.1, 0.15) is 24.0 Å². The van der Waals surface area contributed by atoms with E-state index in [9.17, 15) is 9.59 Å². The van der Waals surface area contributed by atoms with Crippen LogP contribution in [0, 0.1) is 0 Å². The molecule has 0 aliphatic carbocycles. The zero-order valence-electron chi connectivity index (χ0n) is 9.98. The van der Waals surface area contributed by atoms with Crippen molar-refractivity contribution in [1.82, 2.24) is 10.6 Å². The summed E-state index contributed by atoms with van der Waals surface area (Å²) < 4.78 is 0. The lowest BCUT2D eigenvalue weighted by molar-refractivity contribution is -0.134. The van der Waals surface area contributed by atoms with Crippen molar-refractivity contribution in [2.45, 2.75) is 32.0 Å². The maximum Gasteiger partial charge on any atom is 0.243 e. The Labute approximate surface area is 105 Å². The highest BCUT2D eigenvalue weighted by molar-refractivity contribution is 6.00. The number of benzene rings is 1. The van der Waals surface area contributed by atoms with Crippen molar-refractivity contribution in [1.29, 1.82) is 0 Å². The minimum absolute atomic E-state index is 0.0286. The van der Waals surface area contributed by atoms with E-state index >= 15 is 0 Å². The molecule has 2 rings (SSSR count). The van der Waals surface area contributed by atoms with Crippen LogP contribution in [0.4, 0.5) is 0 Å². The van der Waals surface area contributed by atoms with Crippen LogP contribution in [0.2, 0.25) is 0 Å². The zero-order chi connectivity index (χ0) is 13.0. The standard InChI is InChI=1S/C13H16N2O3/c16-8-10-3-1-9(2-4-10)7-14-11-5-6-12(17)15-13(11)18/h1-4,11,14,16H,5-8H2,(H,15,17,18). The number of amides is 2. The second kappa shape index (κ2) is 5.75. The first-order valence-corrected chi connectivity index (χ1v) is 5.95. The summed E-state index contributed by atoms with van der Waals surface area (Å²) >= 11 is 0. The van der Waals surface area contributed by atoms with E-state index in [2.05, 4.69) is 10.6 Å². The second-order valence-electron chi connectivity index (χ2n) is 4.36. The molecule has 0 spiro atoms. The number of nitrogens with one attached hydrogen (secondary N) is 2. The average molecular weight is 248 g/mol. The fourth-order valence-corrected chi connectivity index (χ4v) is 1.89. The summed E-state index contributed by atoms with van der Waals surface area (Å²) in [7, 11) is 0. The van der Waals surface area contributed by atoms with Gasteiger partial charge in [-0.25, -0.2) is 0 Å². The van der Waals surface area contributed by atoms with Crippen LogP contribution in [-0.4, -0.2) is 23.0 Å². The van der Waals surface area contributed by atoms with Crippen molar-refractivity contribution in [3.05, 3.63) is 35.4 Å². The molecule has 1 fully saturated rings. The SMILES string of the molecule is O=C1CCC(NCc2ccc(CO)cc2)C(=O)N1. The predicted molar refractivity (Wildman–Crippen MR) is 65.4 cm³/mol. The van der Waals surface area contributed by atoms with Crippen LogP contribution in [-0.2, 0) is 22.7 Å². The third kappa shape index (κ3) is 3.15. The van der Waals surface area contributed by atoms with E-state index < -0.39 is 0 Å². The molecule has 18 heavy (non-hydrogen) atoms. The molecular weight excluding hydrogens is 232 g/mol. The van der Waals surface area contributed by atoms with Gasteiger partial charge in [-0.15, -0.1) is 0 Å². The van der Waals surface area contributed by atoms with Gasteiger partial charge in [-0.05, 0) is 17.5 Å². The predicted octanol–water partition coefficient (Wildman–Crippen LogP) is 0.0737. The van der Waals surface area contributed by atoms with Gasteiger partial charge in [-0.1, -0.05) is 24.3 Å². The molecule has 0 radical (unpaired) electrons. The van der Waals surface area contributed by atoms with Crippen molar-refractivity contribution < 1.29 is 14.7 Å². The van der Waals surface area contributed by atoms with Gasteiger partial charge in [0.15, 0.2) is 0 Å². The number of imide groups is 1. The third-order valence-electron chi connectivity index (χ3n) is 3.00. The highest BCUT2D eigenvalue weighted by Crippen LogP contribution is 2.07.